The van der Waals surface area contributed by atoms with Gasteiger partial charge in [0.05, 0.1) is 17.3 Å². The molecular weight excluding hydrogens is 343 g/mol. The van der Waals surface area contributed by atoms with E-state index in [-0.39, 0.29) is 17.0 Å². The molecule has 1 aromatic carbocycles. The van der Waals surface area contributed by atoms with E-state index in [1.54, 1.807) is 17.8 Å². The topological polar surface area (TPSA) is 15.6 Å². The van der Waals surface area contributed by atoms with E-state index in [2.05, 4.69) is 15.3 Å². The molecule has 2 aliphatic rings. The van der Waals surface area contributed by atoms with E-state index in [0.29, 0.717) is 10.0 Å². The maximum atomic E-state index is 6.20. The highest BCUT2D eigenvalue weighted by Gasteiger charge is 2.27. The number of amidine groups is 1. The number of hydrogen-bond donors (Lipinski definition) is 0. The predicted octanol–water partition coefficient (Wildman–Crippen LogP) is 4.29. The van der Waals surface area contributed by atoms with Gasteiger partial charge in [-0.1, -0.05) is 35.0 Å². The molecule has 0 N–H and O–H groups in total. The predicted molar refractivity (Wildman–Crippen MR) is 81.4 cm³/mol. The average molecular weight is 352 g/mol. The summed E-state index contributed by atoms with van der Waals surface area (Å²) in [7, 11) is 0. The van der Waals surface area contributed by atoms with Crippen molar-refractivity contribution in [1.29, 1.82) is 0 Å². The molecule has 0 spiro atoms. The third kappa shape index (κ3) is 2.36. The van der Waals surface area contributed by atoms with Crippen LogP contribution in [0.4, 0.5) is 0 Å². The smallest absolute Gasteiger partial charge is 0.168 e. The standard InChI is InChI=1S/C11H8Cl2N2S.BrH/c12-7-1-2-8(9(13)5-7)10-6-16-11-14-3-4-15(10)11;/h1-2,5-6H,3-4H2;1H. The van der Waals surface area contributed by atoms with Crippen molar-refractivity contribution in [2.24, 2.45) is 4.99 Å². The zero-order valence-electron chi connectivity index (χ0n) is 8.69. The molecule has 0 aromatic heterocycles. The Balaban J connectivity index is 0.00000108. The summed E-state index contributed by atoms with van der Waals surface area (Å²) in [6.45, 7) is 1.80. The zero-order valence-corrected chi connectivity index (χ0v) is 12.7. The van der Waals surface area contributed by atoms with Crippen LogP contribution in [0.25, 0.3) is 5.70 Å². The van der Waals surface area contributed by atoms with Gasteiger partial charge in [-0.15, -0.1) is 17.0 Å². The zero-order chi connectivity index (χ0) is 11.1. The fourth-order valence-electron chi connectivity index (χ4n) is 1.83. The highest BCUT2D eigenvalue weighted by atomic mass is 79.9. The van der Waals surface area contributed by atoms with E-state index in [4.69, 9.17) is 23.2 Å². The quantitative estimate of drug-likeness (QED) is 0.750. The molecule has 0 bridgehead atoms. The average Bonchev–Trinajstić information content (AvgIpc) is 2.80. The van der Waals surface area contributed by atoms with Crippen molar-refractivity contribution in [3.63, 3.8) is 0 Å². The van der Waals surface area contributed by atoms with E-state index in [1.807, 2.05) is 12.1 Å². The Morgan fingerprint density at radius 2 is 2.12 bits per heavy atom. The van der Waals surface area contributed by atoms with Crippen LogP contribution in [0, 0.1) is 0 Å². The summed E-state index contributed by atoms with van der Waals surface area (Å²) < 4.78 is 0. The van der Waals surface area contributed by atoms with Crippen molar-refractivity contribution in [2.75, 3.05) is 13.1 Å². The van der Waals surface area contributed by atoms with Gasteiger partial charge in [-0.2, -0.15) is 0 Å². The summed E-state index contributed by atoms with van der Waals surface area (Å²) >= 11 is 13.7. The van der Waals surface area contributed by atoms with Crippen LogP contribution in [0.15, 0.2) is 28.6 Å². The summed E-state index contributed by atoms with van der Waals surface area (Å²) in [6.07, 6.45) is 0. The van der Waals surface area contributed by atoms with Crippen LogP contribution in [0.3, 0.4) is 0 Å². The minimum Gasteiger partial charge on any atom is -0.318 e. The molecule has 0 unspecified atom stereocenters. The first-order valence-corrected chi connectivity index (χ1v) is 6.53. The normalized spacial score (nSPS) is 17.4. The number of fused-ring (bicyclic) bond motifs is 1. The fraction of sp³-hybridized carbons (Fsp3) is 0.182. The molecule has 0 radical (unpaired) electrons. The summed E-state index contributed by atoms with van der Waals surface area (Å²) in [5.41, 5.74) is 2.15. The minimum absolute atomic E-state index is 0. The van der Waals surface area contributed by atoms with Gasteiger partial charge >= 0.3 is 0 Å². The second-order valence-electron chi connectivity index (χ2n) is 3.56. The molecule has 0 atom stereocenters. The van der Waals surface area contributed by atoms with Crippen LogP contribution in [0.2, 0.25) is 10.0 Å². The Kier molecular flexibility index (Phi) is 4.08. The molecule has 0 saturated heterocycles. The number of aliphatic imine (C=N–C) groups is 1. The molecule has 2 aliphatic heterocycles. The summed E-state index contributed by atoms with van der Waals surface area (Å²) in [6, 6.07) is 5.59. The monoisotopic (exact) mass is 350 g/mol. The van der Waals surface area contributed by atoms with Crippen LogP contribution in [-0.2, 0) is 0 Å². The van der Waals surface area contributed by atoms with Crippen molar-refractivity contribution in [3.05, 3.63) is 39.2 Å². The van der Waals surface area contributed by atoms with Gasteiger partial charge in [0.25, 0.3) is 0 Å². The maximum absolute atomic E-state index is 6.20. The lowest BCUT2D eigenvalue weighted by Gasteiger charge is -2.17. The Morgan fingerprint density at radius 1 is 1.29 bits per heavy atom. The molecule has 90 valence electrons. The van der Waals surface area contributed by atoms with Crippen LogP contribution in [0.5, 0.6) is 0 Å². The summed E-state index contributed by atoms with van der Waals surface area (Å²) in [5.74, 6) is 0. The van der Waals surface area contributed by atoms with Crippen LogP contribution < -0.4 is 0 Å². The number of halogens is 3. The molecule has 17 heavy (non-hydrogen) atoms. The van der Waals surface area contributed by atoms with Gasteiger partial charge in [0.1, 0.15) is 0 Å². The van der Waals surface area contributed by atoms with Crippen LogP contribution >= 0.6 is 51.9 Å². The Labute approximate surface area is 124 Å². The lowest BCUT2D eigenvalue weighted by Crippen LogP contribution is -2.19. The van der Waals surface area contributed by atoms with E-state index < -0.39 is 0 Å². The van der Waals surface area contributed by atoms with E-state index in [0.717, 1.165) is 29.5 Å². The molecular formula is C11H9BrCl2N2S. The molecule has 2 nitrogen and oxygen atoms in total. The second kappa shape index (κ2) is 5.22. The molecule has 6 heteroatoms. The molecule has 3 rings (SSSR count). The second-order valence-corrected chi connectivity index (χ2v) is 5.24. The third-order valence-electron chi connectivity index (χ3n) is 2.58. The molecule has 0 aliphatic carbocycles. The molecule has 0 amide bonds. The summed E-state index contributed by atoms with van der Waals surface area (Å²) in [4.78, 5) is 6.60. The third-order valence-corrected chi connectivity index (χ3v) is 4.02. The van der Waals surface area contributed by atoms with Gasteiger partial charge in [-0.3, -0.25) is 4.99 Å². The van der Waals surface area contributed by atoms with E-state index in [1.165, 1.54) is 0 Å². The Hall–Kier alpha value is -0.160. The van der Waals surface area contributed by atoms with Gasteiger partial charge in [0.15, 0.2) is 5.17 Å². The molecule has 2 heterocycles. The van der Waals surface area contributed by atoms with E-state index >= 15 is 0 Å². The molecule has 1 aromatic rings. The van der Waals surface area contributed by atoms with E-state index in [9.17, 15) is 0 Å². The van der Waals surface area contributed by atoms with Gasteiger partial charge < -0.3 is 4.90 Å². The first kappa shape index (κ1) is 13.3. The van der Waals surface area contributed by atoms with Gasteiger partial charge in [-0.25, -0.2) is 0 Å². The SMILES string of the molecule is Br.Clc1ccc(C2=CSC3=NCCN23)c(Cl)c1. The lowest BCUT2D eigenvalue weighted by atomic mass is 10.1. The number of thioether (sulfide) groups is 1. The van der Waals surface area contributed by atoms with Crippen molar-refractivity contribution in [2.45, 2.75) is 0 Å². The van der Waals surface area contributed by atoms with Gasteiger partial charge in [0.2, 0.25) is 0 Å². The largest absolute Gasteiger partial charge is 0.318 e. The molecule has 0 saturated carbocycles. The maximum Gasteiger partial charge on any atom is 0.168 e. The van der Waals surface area contributed by atoms with Crippen molar-refractivity contribution >= 4 is 62.8 Å². The Bertz CT molecular complexity index is 516. The Morgan fingerprint density at radius 3 is 2.88 bits per heavy atom. The lowest BCUT2D eigenvalue weighted by molar-refractivity contribution is 0.650. The highest BCUT2D eigenvalue weighted by molar-refractivity contribution is 8.93. The fourth-order valence-corrected chi connectivity index (χ4v) is 3.29. The van der Waals surface area contributed by atoms with Crippen LogP contribution in [-0.4, -0.2) is 23.2 Å². The summed E-state index contributed by atoms with van der Waals surface area (Å²) in [5, 5.41) is 4.51. The number of rotatable bonds is 1. The molecule has 0 fully saturated rings. The number of benzene rings is 1. The minimum atomic E-state index is 0. The van der Waals surface area contributed by atoms with Gasteiger partial charge in [-0.05, 0) is 18.2 Å². The van der Waals surface area contributed by atoms with Crippen molar-refractivity contribution in [1.82, 2.24) is 4.90 Å². The van der Waals surface area contributed by atoms with Gasteiger partial charge in [0, 0.05) is 22.5 Å². The van der Waals surface area contributed by atoms with Crippen molar-refractivity contribution in [3.8, 4) is 0 Å². The number of hydrogen-bond acceptors (Lipinski definition) is 3. The van der Waals surface area contributed by atoms with Crippen LogP contribution in [0.1, 0.15) is 5.56 Å². The first-order valence-electron chi connectivity index (χ1n) is 4.90. The highest BCUT2D eigenvalue weighted by Crippen LogP contribution is 2.38. The van der Waals surface area contributed by atoms with Crippen molar-refractivity contribution < 1.29 is 0 Å². The first-order chi connectivity index (χ1) is 7.75. The number of nitrogens with zero attached hydrogens (tertiary/aromatic N) is 2.